The Morgan fingerprint density at radius 3 is 2.56 bits per heavy atom. The molecule has 1 aliphatic heterocycles. The molecule has 0 spiro atoms. The third-order valence-electron chi connectivity index (χ3n) is 4.73. The summed E-state index contributed by atoms with van der Waals surface area (Å²) in [6.07, 6.45) is 4.85. The molecule has 2 aromatic rings. The van der Waals surface area contributed by atoms with Crippen LogP contribution >= 0.6 is 0 Å². The molecule has 7 heteroatoms. The zero-order valence-corrected chi connectivity index (χ0v) is 15.7. The summed E-state index contributed by atoms with van der Waals surface area (Å²) in [5.74, 6) is 0.373. The van der Waals surface area contributed by atoms with Crippen molar-refractivity contribution in [2.45, 2.75) is 26.2 Å². The molecule has 1 saturated heterocycles. The molecule has 144 valence electrons. The molecule has 27 heavy (non-hydrogen) atoms. The molecule has 0 unspecified atom stereocenters. The van der Waals surface area contributed by atoms with Crippen LogP contribution in [0.4, 0.5) is 15.9 Å². The first kappa shape index (κ1) is 19.1. The first-order valence-corrected chi connectivity index (χ1v) is 9.53. The molecule has 1 aromatic carbocycles. The fourth-order valence-corrected chi connectivity index (χ4v) is 3.14. The number of unbranched alkanes of at least 4 members (excludes halogenated alkanes) is 2. The minimum Gasteiger partial charge on any atom is -0.370 e. The van der Waals surface area contributed by atoms with E-state index in [4.69, 9.17) is 0 Å². The van der Waals surface area contributed by atoms with Gasteiger partial charge in [-0.05, 0) is 30.7 Å². The summed E-state index contributed by atoms with van der Waals surface area (Å²) in [6, 6.07) is 8.19. The van der Waals surface area contributed by atoms with Crippen molar-refractivity contribution in [2.75, 3.05) is 42.9 Å². The molecule has 0 saturated carbocycles. The maximum atomic E-state index is 13.1. The van der Waals surface area contributed by atoms with E-state index in [1.165, 1.54) is 31.3 Å². The van der Waals surface area contributed by atoms with Crippen molar-refractivity contribution in [1.29, 1.82) is 0 Å². The van der Waals surface area contributed by atoms with E-state index >= 15 is 0 Å². The minimum absolute atomic E-state index is 0.0761. The molecule has 6 nitrogen and oxygen atoms in total. The molecule has 1 aromatic heterocycles. The van der Waals surface area contributed by atoms with E-state index in [9.17, 15) is 9.18 Å². The summed E-state index contributed by atoms with van der Waals surface area (Å²) in [7, 11) is 0. The van der Waals surface area contributed by atoms with Crippen molar-refractivity contribution in [3.05, 3.63) is 48.2 Å². The Balaban J connectivity index is 1.55. The molecule has 2 heterocycles. The lowest BCUT2D eigenvalue weighted by atomic mass is 10.2. The van der Waals surface area contributed by atoms with Crippen molar-refractivity contribution >= 4 is 17.4 Å². The molecule has 0 radical (unpaired) electrons. The summed E-state index contributed by atoms with van der Waals surface area (Å²) >= 11 is 0. The van der Waals surface area contributed by atoms with Crippen LogP contribution < -0.4 is 10.2 Å². The maximum absolute atomic E-state index is 13.1. The summed E-state index contributed by atoms with van der Waals surface area (Å²) in [5.41, 5.74) is 1.39. The van der Waals surface area contributed by atoms with E-state index in [1.807, 2.05) is 4.90 Å². The quantitative estimate of drug-likeness (QED) is 0.758. The predicted octanol–water partition coefficient (Wildman–Crippen LogP) is 3.18. The molecule has 0 bridgehead atoms. The number of piperazine rings is 1. The van der Waals surface area contributed by atoms with E-state index in [0.717, 1.165) is 18.7 Å². The highest BCUT2D eigenvalue weighted by atomic mass is 19.1. The van der Waals surface area contributed by atoms with Gasteiger partial charge in [-0.1, -0.05) is 19.8 Å². The monoisotopic (exact) mass is 371 g/mol. The highest BCUT2D eigenvalue weighted by molar-refractivity contribution is 5.93. The Morgan fingerprint density at radius 1 is 1.11 bits per heavy atom. The van der Waals surface area contributed by atoms with Gasteiger partial charge in [-0.15, -0.1) is 0 Å². The fourth-order valence-electron chi connectivity index (χ4n) is 3.14. The normalized spacial score (nSPS) is 14.3. The number of anilines is 2. The largest absolute Gasteiger partial charge is 0.370 e. The van der Waals surface area contributed by atoms with Crippen molar-refractivity contribution < 1.29 is 9.18 Å². The Bertz CT molecular complexity index is 744. The lowest BCUT2D eigenvalue weighted by Gasteiger charge is -2.36. The van der Waals surface area contributed by atoms with Crippen LogP contribution in [0.15, 0.2) is 36.7 Å². The lowest BCUT2D eigenvalue weighted by Crippen LogP contribution is -2.49. The maximum Gasteiger partial charge on any atom is 0.272 e. The highest BCUT2D eigenvalue weighted by Gasteiger charge is 2.23. The number of hydrogen-bond acceptors (Lipinski definition) is 5. The van der Waals surface area contributed by atoms with Gasteiger partial charge in [0.2, 0.25) is 0 Å². The molecular weight excluding hydrogens is 345 g/mol. The number of nitrogens with zero attached hydrogens (tertiary/aromatic N) is 4. The second-order valence-corrected chi connectivity index (χ2v) is 6.68. The predicted molar refractivity (Wildman–Crippen MR) is 105 cm³/mol. The number of benzene rings is 1. The first-order valence-electron chi connectivity index (χ1n) is 9.53. The van der Waals surface area contributed by atoms with E-state index in [0.29, 0.717) is 37.7 Å². The SMILES string of the molecule is CCCCCNc1cc(C(=O)N2CCN(c3ccc(F)cc3)CC2)ncn1. The molecule has 1 N–H and O–H groups in total. The van der Waals surface area contributed by atoms with Gasteiger partial charge in [-0.3, -0.25) is 4.79 Å². The van der Waals surface area contributed by atoms with Crippen molar-refractivity contribution in [1.82, 2.24) is 14.9 Å². The van der Waals surface area contributed by atoms with Crippen LogP contribution in [-0.4, -0.2) is 53.5 Å². The van der Waals surface area contributed by atoms with Gasteiger partial charge in [-0.25, -0.2) is 14.4 Å². The average Bonchev–Trinajstić information content (AvgIpc) is 2.72. The van der Waals surface area contributed by atoms with Crippen molar-refractivity contribution in [3.63, 3.8) is 0 Å². The number of carbonyl (C=O) groups is 1. The van der Waals surface area contributed by atoms with E-state index in [2.05, 4.69) is 27.1 Å². The van der Waals surface area contributed by atoms with Crippen LogP contribution in [0, 0.1) is 5.82 Å². The van der Waals surface area contributed by atoms with Crippen LogP contribution in [0.1, 0.15) is 36.7 Å². The van der Waals surface area contributed by atoms with Gasteiger partial charge in [-0.2, -0.15) is 0 Å². The molecule has 0 atom stereocenters. The fraction of sp³-hybridized carbons (Fsp3) is 0.450. The first-order chi connectivity index (χ1) is 13.2. The van der Waals surface area contributed by atoms with Crippen LogP contribution in [-0.2, 0) is 0 Å². The van der Waals surface area contributed by atoms with E-state index in [1.54, 1.807) is 18.2 Å². The third-order valence-corrected chi connectivity index (χ3v) is 4.73. The number of nitrogens with one attached hydrogen (secondary N) is 1. The Kier molecular flexibility index (Phi) is 6.57. The van der Waals surface area contributed by atoms with Crippen molar-refractivity contribution in [2.24, 2.45) is 0 Å². The summed E-state index contributed by atoms with van der Waals surface area (Å²) in [6.45, 7) is 5.65. The van der Waals surface area contributed by atoms with E-state index in [-0.39, 0.29) is 11.7 Å². The second-order valence-electron chi connectivity index (χ2n) is 6.68. The summed E-state index contributed by atoms with van der Waals surface area (Å²) in [5, 5.41) is 3.25. The lowest BCUT2D eigenvalue weighted by molar-refractivity contribution is 0.0740. The summed E-state index contributed by atoms with van der Waals surface area (Å²) in [4.78, 5) is 25.1. The standard InChI is InChI=1S/C20H26FN5O/c1-2-3-4-9-22-19-14-18(23-15-24-19)20(27)26-12-10-25(11-13-26)17-7-5-16(21)6-8-17/h5-8,14-15H,2-4,9-13H2,1H3,(H,22,23,24). The topological polar surface area (TPSA) is 61.4 Å². The van der Waals surface area contributed by atoms with Gasteiger partial charge >= 0.3 is 0 Å². The van der Waals surface area contributed by atoms with Crippen LogP contribution in [0.3, 0.4) is 0 Å². The molecule has 1 aliphatic rings. The van der Waals surface area contributed by atoms with Crippen LogP contribution in [0.5, 0.6) is 0 Å². The Hall–Kier alpha value is -2.70. The number of amides is 1. The zero-order chi connectivity index (χ0) is 19.1. The van der Waals surface area contributed by atoms with Crippen LogP contribution in [0.25, 0.3) is 0 Å². The van der Waals surface area contributed by atoms with Gasteiger partial charge in [0.05, 0.1) is 0 Å². The van der Waals surface area contributed by atoms with Gasteiger partial charge in [0.25, 0.3) is 5.91 Å². The van der Waals surface area contributed by atoms with Crippen LogP contribution in [0.2, 0.25) is 0 Å². The Morgan fingerprint density at radius 2 is 1.85 bits per heavy atom. The average molecular weight is 371 g/mol. The third kappa shape index (κ3) is 5.15. The zero-order valence-electron chi connectivity index (χ0n) is 15.7. The van der Waals surface area contributed by atoms with E-state index < -0.39 is 0 Å². The number of hydrogen-bond donors (Lipinski definition) is 1. The Labute approximate surface area is 159 Å². The van der Waals surface area contributed by atoms with Gasteiger partial charge < -0.3 is 15.1 Å². The minimum atomic E-state index is -0.240. The number of carbonyl (C=O) groups excluding carboxylic acids is 1. The highest BCUT2D eigenvalue weighted by Crippen LogP contribution is 2.18. The van der Waals surface area contributed by atoms with Crippen molar-refractivity contribution in [3.8, 4) is 0 Å². The number of aromatic nitrogens is 2. The molecular formula is C20H26FN5O. The van der Waals surface area contributed by atoms with Gasteiger partial charge in [0, 0.05) is 44.5 Å². The smallest absolute Gasteiger partial charge is 0.272 e. The number of rotatable bonds is 7. The molecule has 1 amide bonds. The van der Waals surface area contributed by atoms with Gasteiger partial charge in [0.1, 0.15) is 23.7 Å². The number of halogens is 1. The van der Waals surface area contributed by atoms with Gasteiger partial charge in [0.15, 0.2) is 0 Å². The summed E-state index contributed by atoms with van der Waals surface area (Å²) < 4.78 is 13.1. The molecule has 0 aliphatic carbocycles. The molecule has 1 fully saturated rings. The molecule has 3 rings (SSSR count). The second kappa shape index (κ2) is 9.30.